The molecule has 0 aliphatic carbocycles. The highest BCUT2D eigenvalue weighted by molar-refractivity contribution is 7.15. The summed E-state index contributed by atoms with van der Waals surface area (Å²) in [6, 6.07) is -0.387. The Labute approximate surface area is 176 Å². The van der Waals surface area contributed by atoms with Gasteiger partial charge in [0, 0.05) is 30.0 Å². The minimum absolute atomic E-state index is 0.114. The summed E-state index contributed by atoms with van der Waals surface area (Å²) >= 11 is 1.39. The molecule has 11 heteroatoms. The van der Waals surface area contributed by atoms with Gasteiger partial charge in [-0.15, -0.1) is 0 Å². The number of aliphatic hydroxyl groups is 1. The second-order valence-corrected chi connectivity index (χ2v) is 8.60. The number of imidazole rings is 1. The molecule has 0 saturated carbocycles. The van der Waals surface area contributed by atoms with Crippen LogP contribution in [0.25, 0.3) is 4.83 Å². The van der Waals surface area contributed by atoms with E-state index in [1.165, 1.54) is 23.2 Å². The number of fused-ring (bicyclic) bond motifs is 2. The van der Waals surface area contributed by atoms with Crippen LogP contribution in [0.5, 0.6) is 0 Å². The van der Waals surface area contributed by atoms with Gasteiger partial charge >= 0.3 is 0 Å². The molecule has 10 nitrogen and oxygen atoms in total. The standard InChI is InChI=1S/C19H23N5O5S/c1-9-11(16(19(28)29)24-15(9)14(10(2)25)18(24)27)5-22-6-13-23(8-22)12(7-30-13)17(26)21-4-3-20/h6-10,14-15,25H,3-5,20H2,1-2H3,(H-,21,26,28,29)/t9-,10+,14+,15+/m0/s1. The predicted molar refractivity (Wildman–Crippen MR) is 104 cm³/mol. The average molecular weight is 433 g/mol. The van der Waals surface area contributed by atoms with Crippen LogP contribution in [-0.4, -0.2) is 57.4 Å². The number of nitrogens with zero attached hydrogens (tertiary/aromatic N) is 3. The summed E-state index contributed by atoms with van der Waals surface area (Å²) in [5.74, 6) is -2.90. The Morgan fingerprint density at radius 1 is 1.47 bits per heavy atom. The molecule has 0 bridgehead atoms. The van der Waals surface area contributed by atoms with Gasteiger partial charge in [0.15, 0.2) is 0 Å². The smallest absolute Gasteiger partial charge is 0.292 e. The number of amides is 2. The van der Waals surface area contributed by atoms with E-state index in [0.29, 0.717) is 24.4 Å². The van der Waals surface area contributed by atoms with Gasteiger partial charge in [-0.2, -0.15) is 4.40 Å². The fourth-order valence-corrected chi connectivity index (χ4v) is 5.36. The third-order valence-corrected chi connectivity index (χ3v) is 6.74. The van der Waals surface area contributed by atoms with E-state index >= 15 is 0 Å². The van der Waals surface area contributed by atoms with Crippen molar-refractivity contribution in [2.45, 2.75) is 32.5 Å². The maximum atomic E-state index is 12.4. The van der Waals surface area contributed by atoms with Crippen LogP contribution in [0.3, 0.4) is 0 Å². The molecular weight excluding hydrogens is 410 g/mol. The molecule has 160 valence electrons. The van der Waals surface area contributed by atoms with Crippen LogP contribution >= 0.6 is 11.3 Å². The van der Waals surface area contributed by atoms with E-state index in [9.17, 15) is 24.6 Å². The molecule has 2 aromatic rings. The fraction of sp³-hybridized carbons (Fsp3) is 0.474. The first kappa shape index (κ1) is 20.5. The molecule has 2 aliphatic heterocycles. The Morgan fingerprint density at radius 2 is 2.20 bits per heavy atom. The summed E-state index contributed by atoms with van der Waals surface area (Å²) in [5, 5.41) is 26.2. The summed E-state index contributed by atoms with van der Waals surface area (Å²) in [7, 11) is 0. The topological polar surface area (TPSA) is 144 Å². The number of aromatic nitrogens is 2. The Bertz CT molecular complexity index is 1070. The first-order valence-corrected chi connectivity index (χ1v) is 10.6. The zero-order valence-electron chi connectivity index (χ0n) is 16.6. The Hall–Kier alpha value is -2.76. The lowest BCUT2D eigenvalue weighted by Gasteiger charge is -2.47. The van der Waals surface area contributed by atoms with Crippen molar-refractivity contribution < 1.29 is 29.2 Å². The number of nitrogens with two attached hydrogens (primary N) is 1. The normalized spacial score (nSPS) is 24.2. The van der Waals surface area contributed by atoms with Crippen LogP contribution in [0.15, 0.2) is 29.2 Å². The number of carboxylic acids is 1. The van der Waals surface area contributed by atoms with Gasteiger partial charge in [0.2, 0.25) is 16.4 Å². The largest absolute Gasteiger partial charge is 0.543 e. The molecule has 30 heavy (non-hydrogen) atoms. The van der Waals surface area contributed by atoms with Crippen LogP contribution in [0.2, 0.25) is 0 Å². The van der Waals surface area contributed by atoms with Crippen molar-refractivity contribution in [3.05, 3.63) is 34.9 Å². The van der Waals surface area contributed by atoms with Crippen molar-refractivity contribution in [3.63, 3.8) is 0 Å². The highest BCUT2D eigenvalue weighted by Gasteiger charge is 2.58. The number of nitrogens with one attached hydrogen (secondary N) is 1. The van der Waals surface area contributed by atoms with Crippen molar-refractivity contribution in [1.82, 2.24) is 14.6 Å². The lowest BCUT2D eigenvalue weighted by molar-refractivity contribution is -0.688. The van der Waals surface area contributed by atoms with E-state index in [1.807, 2.05) is 13.1 Å². The maximum absolute atomic E-state index is 12.4. The van der Waals surface area contributed by atoms with Gasteiger partial charge in [0.05, 0.1) is 29.7 Å². The number of thiazole rings is 1. The SMILES string of the molecule is C[C@@H](O)[C@H]1C(=O)N2C(C(=O)[O-])=C(C[n+]3cc4scc(C(=O)NCCN)n4c3)[C@H](C)[C@H]12. The zero-order chi connectivity index (χ0) is 21.7. The van der Waals surface area contributed by atoms with E-state index < -0.39 is 23.9 Å². The first-order chi connectivity index (χ1) is 14.3. The Balaban J connectivity index is 1.64. The molecular formula is C19H23N5O5S. The van der Waals surface area contributed by atoms with E-state index in [2.05, 4.69) is 5.32 Å². The molecule has 0 unspecified atom stereocenters. The van der Waals surface area contributed by atoms with Crippen molar-refractivity contribution >= 4 is 34.0 Å². The second-order valence-electron chi connectivity index (χ2n) is 7.71. The zero-order valence-corrected chi connectivity index (χ0v) is 17.4. The lowest BCUT2D eigenvalue weighted by atomic mass is 9.78. The number of aliphatic carboxylic acids is 1. The minimum atomic E-state index is -1.40. The van der Waals surface area contributed by atoms with Gasteiger partial charge in [-0.3, -0.25) is 9.59 Å². The second kappa shape index (κ2) is 7.49. The molecule has 2 aliphatic rings. The van der Waals surface area contributed by atoms with Gasteiger partial charge in [-0.25, -0.2) is 4.57 Å². The Morgan fingerprint density at radius 3 is 2.83 bits per heavy atom. The Kier molecular flexibility index (Phi) is 5.12. The lowest BCUT2D eigenvalue weighted by Crippen LogP contribution is -2.64. The number of β-lactam (4-membered cyclic amide) rings is 1. The van der Waals surface area contributed by atoms with Gasteiger partial charge in [0.25, 0.3) is 12.2 Å². The maximum Gasteiger partial charge on any atom is 0.292 e. The number of carbonyl (C=O) groups excluding carboxylic acids is 3. The van der Waals surface area contributed by atoms with Gasteiger partial charge in [0.1, 0.15) is 12.7 Å². The van der Waals surface area contributed by atoms with Crippen molar-refractivity contribution in [2.24, 2.45) is 17.6 Å². The number of carboxylic acid groups (broad SMARTS) is 1. The van der Waals surface area contributed by atoms with Crippen LogP contribution in [-0.2, 0) is 16.1 Å². The minimum Gasteiger partial charge on any atom is -0.543 e. The number of hydrogen-bond acceptors (Lipinski definition) is 7. The molecule has 1 fully saturated rings. The molecule has 2 aromatic heterocycles. The third kappa shape index (κ3) is 3.01. The van der Waals surface area contributed by atoms with E-state index in [1.54, 1.807) is 20.7 Å². The summed E-state index contributed by atoms with van der Waals surface area (Å²) in [4.78, 5) is 38.6. The summed E-state index contributed by atoms with van der Waals surface area (Å²) in [6.07, 6.45) is 2.69. The summed E-state index contributed by atoms with van der Waals surface area (Å²) in [5.41, 5.74) is 6.34. The van der Waals surface area contributed by atoms with Gasteiger partial charge < -0.3 is 31.0 Å². The third-order valence-electron chi connectivity index (χ3n) is 5.85. The monoisotopic (exact) mass is 433 g/mol. The molecule has 0 spiro atoms. The highest BCUT2D eigenvalue weighted by Crippen LogP contribution is 2.46. The molecule has 1 saturated heterocycles. The number of hydrogen-bond donors (Lipinski definition) is 3. The molecule has 2 amide bonds. The number of rotatable bonds is 7. The molecule has 4 N–H and O–H groups in total. The van der Waals surface area contributed by atoms with Crippen LogP contribution in [0.1, 0.15) is 24.3 Å². The quantitative estimate of drug-likeness (QED) is 0.335. The van der Waals surface area contributed by atoms with Gasteiger partial charge in [-0.1, -0.05) is 18.3 Å². The van der Waals surface area contributed by atoms with Crippen molar-refractivity contribution in [2.75, 3.05) is 13.1 Å². The first-order valence-electron chi connectivity index (χ1n) is 9.68. The summed E-state index contributed by atoms with van der Waals surface area (Å²) < 4.78 is 3.52. The van der Waals surface area contributed by atoms with Crippen LogP contribution < -0.4 is 20.7 Å². The molecule has 0 aromatic carbocycles. The van der Waals surface area contributed by atoms with E-state index in [-0.39, 0.29) is 30.1 Å². The van der Waals surface area contributed by atoms with Crippen molar-refractivity contribution in [1.29, 1.82) is 0 Å². The number of aliphatic hydroxyl groups excluding tert-OH is 1. The van der Waals surface area contributed by atoms with E-state index in [4.69, 9.17) is 5.73 Å². The molecule has 4 heterocycles. The fourth-order valence-electron chi connectivity index (χ4n) is 4.45. The van der Waals surface area contributed by atoms with E-state index in [0.717, 1.165) is 4.83 Å². The number of carbonyl (C=O) groups is 3. The van der Waals surface area contributed by atoms with Crippen LogP contribution in [0.4, 0.5) is 0 Å². The average Bonchev–Trinajstić information content (AvgIpc) is 3.31. The highest BCUT2D eigenvalue weighted by atomic mass is 32.1. The van der Waals surface area contributed by atoms with Crippen molar-refractivity contribution in [3.8, 4) is 0 Å². The molecule has 4 atom stereocenters. The predicted octanol–water partition coefficient (Wildman–Crippen LogP) is -2.16. The van der Waals surface area contributed by atoms with Crippen LogP contribution in [0, 0.1) is 11.8 Å². The molecule has 4 rings (SSSR count). The molecule has 0 radical (unpaired) electrons. The van der Waals surface area contributed by atoms with Gasteiger partial charge in [-0.05, 0) is 6.92 Å². The summed E-state index contributed by atoms with van der Waals surface area (Å²) in [6.45, 7) is 4.33.